The van der Waals surface area contributed by atoms with Crippen LogP contribution in [0.25, 0.3) is 11.1 Å². The molecule has 3 rings (SSSR count). The molecule has 0 bridgehead atoms. The molecule has 6 heteroatoms. The number of nitrogens with one attached hydrogen (secondary N) is 1. The Morgan fingerprint density at radius 3 is 2.59 bits per heavy atom. The van der Waals surface area contributed by atoms with Crippen LogP contribution < -0.4 is 5.32 Å². The molecule has 0 aliphatic carbocycles. The zero-order chi connectivity index (χ0) is 20.7. The number of piperidine rings is 1. The molecular formula is C23H29N3O3. The van der Waals surface area contributed by atoms with Crippen LogP contribution in [0.1, 0.15) is 25.3 Å². The number of benzene rings is 1. The fourth-order valence-electron chi connectivity index (χ4n) is 4.07. The second kappa shape index (κ2) is 9.65. The first-order valence-electron chi connectivity index (χ1n) is 10.1. The number of hydrogen-bond donors (Lipinski definition) is 1. The van der Waals surface area contributed by atoms with Crippen LogP contribution in [-0.2, 0) is 20.7 Å². The number of carbonyl (C=O) groups is 2. The van der Waals surface area contributed by atoms with Gasteiger partial charge >= 0.3 is 0 Å². The number of amides is 2. The van der Waals surface area contributed by atoms with Gasteiger partial charge in [0.25, 0.3) is 0 Å². The fourth-order valence-corrected chi connectivity index (χ4v) is 4.07. The van der Waals surface area contributed by atoms with Crippen molar-refractivity contribution in [1.29, 1.82) is 0 Å². The number of methoxy groups -OCH3 is 1. The highest BCUT2D eigenvalue weighted by Gasteiger charge is 2.42. The summed E-state index contributed by atoms with van der Waals surface area (Å²) in [5, 5.41) is 3.03. The van der Waals surface area contributed by atoms with Crippen LogP contribution in [-0.4, -0.2) is 55.0 Å². The van der Waals surface area contributed by atoms with Gasteiger partial charge in [0.05, 0.1) is 5.41 Å². The van der Waals surface area contributed by atoms with Gasteiger partial charge in [-0.15, -0.1) is 0 Å². The van der Waals surface area contributed by atoms with Crippen LogP contribution in [0.15, 0.2) is 48.8 Å². The maximum Gasteiger partial charge on any atom is 0.248 e. The third kappa shape index (κ3) is 4.82. The van der Waals surface area contributed by atoms with E-state index in [0.29, 0.717) is 38.9 Å². The number of ether oxygens (including phenoxy) is 1. The van der Waals surface area contributed by atoms with Gasteiger partial charge in [0.2, 0.25) is 11.8 Å². The van der Waals surface area contributed by atoms with E-state index < -0.39 is 5.41 Å². The summed E-state index contributed by atoms with van der Waals surface area (Å²) in [6.07, 6.45) is 5.51. The molecule has 0 atom stereocenters. The lowest BCUT2D eigenvalue weighted by molar-refractivity contribution is -0.142. The second-order valence-electron chi connectivity index (χ2n) is 7.53. The van der Waals surface area contributed by atoms with Crippen molar-refractivity contribution in [2.45, 2.75) is 26.2 Å². The molecule has 0 saturated carbocycles. The minimum absolute atomic E-state index is 0.0206. The van der Waals surface area contributed by atoms with Crippen molar-refractivity contribution < 1.29 is 14.3 Å². The van der Waals surface area contributed by atoms with Crippen molar-refractivity contribution >= 4 is 11.8 Å². The van der Waals surface area contributed by atoms with E-state index in [-0.39, 0.29) is 18.4 Å². The molecule has 1 aromatic heterocycles. The Bertz CT molecular complexity index is 830. The van der Waals surface area contributed by atoms with Crippen molar-refractivity contribution in [3.8, 4) is 11.1 Å². The van der Waals surface area contributed by atoms with Crippen LogP contribution in [0.4, 0.5) is 0 Å². The summed E-state index contributed by atoms with van der Waals surface area (Å²) in [6.45, 7) is 3.74. The molecule has 1 saturated heterocycles. The molecule has 154 valence electrons. The standard InChI is InChI=1S/C23H29N3O3/c1-3-25-22(28)23(10-13-26(14-11-23)21(27)17-29-2)15-18-7-4-5-9-20(18)19-8-6-12-24-16-19/h4-9,12,16H,3,10-11,13-15,17H2,1-2H3,(H,25,28). The zero-order valence-electron chi connectivity index (χ0n) is 17.2. The third-order valence-corrected chi connectivity index (χ3v) is 5.68. The molecule has 1 N–H and O–H groups in total. The average molecular weight is 396 g/mol. The Morgan fingerprint density at radius 1 is 1.17 bits per heavy atom. The Kier molecular flexibility index (Phi) is 6.99. The maximum atomic E-state index is 13.1. The van der Waals surface area contributed by atoms with E-state index in [1.54, 1.807) is 11.1 Å². The smallest absolute Gasteiger partial charge is 0.248 e. The molecular weight excluding hydrogens is 366 g/mol. The van der Waals surface area contributed by atoms with Crippen LogP contribution in [0.2, 0.25) is 0 Å². The van der Waals surface area contributed by atoms with Gasteiger partial charge in [0.15, 0.2) is 0 Å². The molecule has 2 amide bonds. The zero-order valence-corrected chi connectivity index (χ0v) is 17.2. The van der Waals surface area contributed by atoms with E-state index in [1.165, 1.54) is 7.11 Å². The Morgan fingerprint density at radius 2 is 1.93 bits per heavy atom. The molecule has 1 fully saturated rings. The maximum absolute atomic E-state index is 13.1. The predicted octanol–water partition coefficient (Wildman–Crippen LogP) is 2.68. The Labute approximate surface area is 172 Å². The van der Waals surface area contributed by atoms with Crippen molar-refractivity contribution in [3.63, 3.8) is 0 Å². The number of likely N-dealkylation sites (tertiary alicyclic amines) is 1. The number of pyridine rings is 1. The lowest BCUT2D eigenvalue weighted by Gasteiger charge is -2.41. The number of carbonyl (C=O) groups excluding carboxylic acids is 2. The fraction of sp³-hybridized carbons (Fsp3) is 0.435. The van der Waals surface area contributed by atoms with E-state index in [4.69, 9.17) is 4.74 Å². The molecule has 0 spiro atoms. The first-order chi connectivity index (χ1) is 14.1. The van der Waals surface area contributed by atoms with Gasteiger partial charge in [0, 0.05) is 44.7 Å². The molecule has 29 heavy (non-hydrogen) atoms. The van der Waals surface area contributed by atoms with Crippen molar-refractivity contribution in [1.82, 2.24) is 15.2 Å². The minimum atomic E-state index is -0.530. The highest BCUT2D eigenvalue weighted by molar-refractivity contribution is 5.84. The third-order valence-electron chi connectivity index (χ3n) is 5.68. The lowest BCUT2D eigenvalue weighted by Crippen LogP contribution is -2.51. The van der Waals surface area contributed by atoms with Crippen LogP contribution in [0, 0.1) is 5.41 Å². The SMILES string of the molecule is CCNC(=O)C1(Cc2ccccc2-c2cccnc2)CCN(C(=O)COC)CC1. The first-order valence-corrected chi connectivity index (χ1v) is 10.1. The van der Waals surface area contributed by atoms with Crippen molar-refractivity contribution in [2.24, 2.45) is 5.41 Å². The van der Waals surface area contributed by atoms with E-state index in [9.17, 15) is 9.59 Å². The molecule has 2 heterocycles. The first kappa shape index (κ1) is 21.0. The van der Waals surface area contributed by atoms with Crippen LogP contribution >= 0.6 is 0 Å². The number of hydrogen-bond acceptors (Lipinski definition) is 4. The summed E-state index contributed by atoms with van der Waals surface area (Å²) in [4.78, 5) is 31.4. The van der Waals surface area contributed by atoms with E-state index in [1.807, 2.05) is 37.4 Å². The summed E-state index contributed by atoms with van der Waals surface area (Å²) >= 11 is 0. The Balaban J connectivity index is 1.87. The molecule has 1 aliphatic heterocycles. The number of nitrogens with zero attached hydrogens (tertiary/aromatic N) is 2. The van der Waals surface area contributed by atoms with Gasteiger partial charge in [-0.05, 0) is 43.4 Å². The van der Waals surface area contributed by atoms with Crippen molar-refractivity contribution in [3.05, 3.63) is 54.4 Å². The summed E-state index contributed by atoms with van der Waals surface area (Å²) < 4.78 is 4.98. The quantitative estimate of drug-likeness (QED) is 0.782. The predicted molar refractivity (Wildman–Crippen MR) is 112 cm³/mol. The van der Waals surface area contributed by atoms with Gasteiger partial charge in [-0.1, -0.05) is 30.3 Å². The number of aromatic nitrogens is 1. The summed E-state index contributed by atoms with van der Waals surface area (Å²) in [5.41, 5.74) is 2.74. The van der Waals surface area contributed by atoms with E-state index >= 15 is 0 Å². The summed E-state index contributed by atoms with van der Waals surface area (Å²) in [6, 6.07) is 12.2. The lowest BCUT2D eigenvalue weighted by atomic mass is 9.72. The van der Waals surface area contributed by atoms with Gasteiger partial charge in [0.1, 0.15) is 6.61 Å². The second-order valence-corrected chi connectivity index (χ2v) is 7.53. The molecule has 1 aliphatic rings. The highest BCUT2D eigenvalue weighted by atomic mass is 16.5. The Hall–Kier alpha value is -2.73. The van der Waals surface area contributed by atoms with Gasteiger partial charge < -0.3 is 15.0 Å². The van der Waals surface area contributed by atoms with Crippen molar-refractivity contribution in [2.75, 3.05) is 33.4 Å². The van der Waals surface area contributed by atoms with Gasteiger partial charge in [-0.2, -0.15) is 0 Å². The molecule has 0 unspecified atom stereocenters. The topological polar surface area (TPSA) is 71.5 Å². The van der Waals surface area contributed by atoms with Crippen LogP contribution in [0.5, 0.6) is 0 Å². The summed E-state index contributed by atoms with van der Waals surface area (Å²) in [7, 11) is 1.52. The molecule has 0 radical (unpaired) electrons. The minimum Gasteiger partial charge on any atom is -0.375 e. The molecule has 2 aromatic rings. The highest BCUT2D eigenvalue weighted by Crippen LogP contribution is 2.38. The molecule has 1 aromatic carbocycles. The molecule has 6 nitrogen and oxygen atoms in total. The number of rotatable bonds is 7. The average Bonchev–Trinajstić information content (AvgIpc) is 2.75. The van der Waals surface area contributed by atoms with Gasteiger partial charge in [-0.3, -0.25) is 14.6 Å². The normalized spacial score (nSPS) is 15.7. The largest absolute Gasteiger partial charge is 0.375 e. The van der Waals surface area contributed by atoms with E-state index in [2.05, 4.69) is 22.4 Å². The monoisotopic (exact) mass is 395 g/mol. The summed E-state index contributed by atoms with van der Waals surface area (Å²) in [5.74, 6) is 0.0487. The van der Waals surface area contributed by atoms with E-state index in [0.717, 1.165) is 16.7 Å². The van der Waals surface area contributed by atoms with Gasteiger partial charge in [-0.25, -0.2) is 0 Å². The van der Waals surface area contributed by atoms with Crippen LogP contribution in [0.3, 0.4) is 0 Å².